The molecule has 0 aliphatic rings. The average Bonchev–Trinajstić information content (AvgIpc) is 2.92. The van der Waals surface area contributed by atoms with Crippen LogP contribution in [0.3, 0.4) is 0 Å². The molecule has 1 aromatic carbocycles. The number of hydrogen-bond acceptors (Lipinski definition) is 4. The van der Waals surface area contributed by atoms with Crippen LogP contribution in [0.1, 0.15) is 24.2 Å². The van der Waals surface area contributed by atoms with Gasteiger partial charge in [0.15, 0.2) is 5.65 Å². The van der Waals surface area contributed by atoms with Crippen LogP contribution in [0.2, 0.25) is 0 Å². The lowest BCUT2D eigenvalue weighted by atomic mass is 9.99. The molecule has 2 aromatic heterocycles. The fourth-order valence-corrected chi connectivity index (χ4v) is 2.38. The Morgan fingerprint density at radius 3 is 2.67 bits per heavy atom. The Balaban J connectivity index is 1.99. The Bertz CT molecular complexity index is 723. The number of aromatic amines is 1. The van der Waals surface area contributed by atoms with E-state index < -0.39 is 0 Å². The van der Waals surface area contributed by atoms with Crippen molar-refractivity contribution in [1.82, 2.24) is 15.0 Å². The third-order valence-electron chi connectivity index (χ3n) is 3.40. The van der Waals surface area contributed by atoms with E-state index >= 15 is 0 Å². The molecule has 0 bridgehead atoms. The van der Waals surface area contributed by atoms with Crippen LogP contribution in [0.5, 0.6) is 5.88 Å². The number of H-pyrrole nitrogens is 1. The summed E-state index contributed by atoms with van der Waals surface area (Å²) in [5.74, 6) is 1.46. The van der Waals surface area contributed by atoms with E-state index in [0.717, 1.165) is 16.9 Å². The summed E-state index contributed by atoms with van der Waals surface area (Å²) in [5.41, 5.74) is 8.62. The van der Waals surface area contributed by atoms with E-state index in [4.69, 9.17) is 10.5 Å². The zero-order valence-electron chi connectivity index (χ0n) is 11.9. The van der Waals surface area contributed by atoms with E-state index in [-0.39, 0.29) is 5.92 Å². The number of aromatic nitrogens is 3. The number of fused-ring (bicyclic) bond motifs is 1. The molecule has 5 nitrogen and oxygen atoms in total. The van der Waals surface area contributed by atoms with Gasteiger partial charge >= 0.3 is 0 Å². The minimum absolute atomic E-state index is 0.0379. The van der Waals surface area contributed by atoms with Gasteiger partial charge < -0.3 is 15.5 Å². The normalized spacial score (nSPS) is 12.5. The van der Waals surface area contributed by atoms with Crippen molar-refractivity contribution >= 4 is 11.2 Å². The summed E-state index contributed by atoms with van der Waals surface area (Å²) < 4.78 is 5.40. The molecule has 2 heterocycles. The second kappa shape index (κ2) is 5.93. The molecule has 0 aliphatic carbocycles. The van der Waals surface area contributed by atoms with Crippen LogP contribution in [-0.4, -0.2) is 28.1 Å². The quantitative estimate of drug-likeness (QED) is 0.753. The minimum Gasteiger partial charge on any atom is -0.478 e. The molecule has 0 fully saturated rings. The fourth-order valence-electron chi connectivity index (χ4n) is 2.38. The van der Waals surface area contributed by atoms with E-state index in [0.29, 0.717) is 24.7 Å². The highest BCUT2D eigenvalue weighted by Gasteiger charge is 2.17. The van der Waals surface area contributed by atoms with Crippen LogP contribution in [0.15, 0.2) is 42.5 Å². The number of pyridine rings is 1. The Kier molecular flexibility index (Phi) is 3.83. The van der Waals surface area contributed by atoms with Gasteiger partial charge in [0.25, 0.3) is 0 Å². The molecule has 0 aliphatic heterocycles. The number of rotatable bonds is 5. The number of ether oxygens (including phenoxy) is 1. The predicted molar refractivity (Wildman–Crippen MR) is 82.4 cm³/mol. The first-order valence-corrected chi connectivity index (χ1v) is 7.06. The standard InChI is InChI=1S/C16H18N4O/c1-2-21-14-9-8-13-16(19-14)20-15(18-13)12(10-17)11-6-4-3-5-7-11/h3-9,12H,2,10,17H2,1H3,(H,18,19,20). The maximum atomic E-state index is 5.93. The smallest absolute Gasteiger partial charge is 0.215 e. The van der Waals surface area contributed by atoms with Crippen molar-refractivity contribution in [1.29, 1.82) is 0 Å². The molecule has 0 radical (unpaired) electrons. The summed E-state index contributed by atoms with van der Waals surface area (Å²) in [6.07, 6.45) is 0. The lowest BCUT2D eigenvalue weighted by Crippen LogP contribution is -2.15. The molecule has 5 heteroatoms. The number of nitrogens with zero attached hydrogens (tertiary/aromatic N) is 2. The lowest BCUT2D eigenvalue weighted by molar-refractivity contribution is 0.328. The van der Waals surface area contributed by atoms with Gasteiger partial charge in [-0.3, -0.25) is 0 Å². The van der Waals surface area contributed by atoms with Gasteiger partial charge in [-0.2, -0.15) is 4.98 Å². The number of nitrogens with one attached hydrogen (secondary N) is 1. The predicted octanol–water partition coefficient (Wildman–Crippen LogP) is 2.45. The zero-order valence-corrected chi connectivity index (χ0v) is 11.9. The van der Waals surface area contributed by atoms with Crippen molar-refractivity contribution in [3.8, 4) is 5.88 Å². The largest absolute Gasteiger partial charge is 0.478 e. The molecule has 0 amide bonds. The fraction of sp³-hybridized carbons (Fsp3) is 0.250. The number of nitrogens with two attached hydrogens (primary N) is 1. The average molecular weight is 282 g/mol. The zero-order chi connectivity index (χ0) is 14.7. The Morgan fingerprint density at radius 2 is 1.95 bits per heavy atom. The molecule has 3 rings (SSSR count). The van der Waals surface area contributed by atoms with Crippen LogP contribution < -0.4 is 10.5 Å². The van der Waals surface area contributed by atoms with E-state index in [9.17, 15) is 0 Å². The van der Waals surface area contributed by atoms with Gasteiger partial charge in [0.05, 0.1) is 18.0 Å². The third-order valence-corrected chi connectivity index (χ3v) is 3.40. The van der Waals surface area contributed by atoms with Crippen molar-refractivity contribution < 1.29 is 4.74 Å². The Morgan fingerprint density at radius 1 is 1.14 bits per heavy atom. The summed E-state index contributed by atoms with van der Waals surface area (Å²) in [6.45, 7) is 3.01. The molecule has 3 aromatic rings. The van der Waals surface area contributed by atoms with E-state index in [2.05, 4.69) is 27.1 Å². The summed E-state index contributed by atoms with van der Waals surface area (Å²) in [7, 11) is 0. The van der Waals surface area contributed by atoms with Crippen LogP contribution >= 0.6 is 0 Å². The molecular formula is C16H18N4O. The SMILES string of the molecule is CCOc1ccc2[nH]c(C(CN)c3ccccc3)nc2n1. The molecule has 108 valence electrons. The highest BCUT2D eigenvalue weighted by atomic mass is 16.5. The van der Waals surface area contributed by atoms with Crippen molar-refractivity contribution in [3.63, 3.8) is 0 Å². The maximum Gasteiger partial charge on any atom is 0.215 e. The highest BCUT2D eigenvalue weighted by Crippen LogP contribution is 2.24. The number of imidazole rings is 1. The third kappa shape index (κ3) is 2.73. The summed E-state index contributed by atoms with van der Waals surface area (Å²) in [5, 5.41) is 0. The second-order valence-corrected chi connectivity index (χ2v) is 4.77. The molecule has 1 atom stereocenters. The first-order valence-electron chi connectivity index (χ1n) is 7.06. The van der Waals surface area contributed by atoms with Crippen LogP contribution in [0, 0.1) is 0 Å². The number of hydrogen-bond donors (Lipinski definition) is 2. The van der Waals surface area contributed by atoms with Gasteiger partial charge in [0, 0.05) is 12.6 Å². The van der Waals surface area contributed by atoms with Crippen molar-refractivity contribution in [2.75, 3.05) is 13.2 Å². The summed E-state index contributed by atoms with van der Waals surface area (Å²) in [6, 6.07) is 13.9. The van der Waals surface area contributed by atoms with Crippen molar-refractivity contribution in [2.24, 2.45) is 5.73 Å². The molecule has 0 saturated heterocycles. The van der Waals surface area contributed by atoms with Crippen LogP contribution in [0.4, 0.5) is 0 Å². The van der Waals surface area contributed by atoms with Gasteiger partial charge in [-0.25, -0.2) is 4.98 Å². The Labute approximate surface area is 123 Å². The molecule has 21 heavy (non-hydrogen) atoms. The lowest BCUT2D eigenvalue weighted by Gasteiger charge is -2.11. The van der Waals surface area contributed by atoms with Gasteiger partial charge in [-0.05, 0) is 18.6 Å². The Hall–Kier alpha value is -2.40. The first kappa shape index (κ1) is 13.6. The first-order chi connectivity index (χ1) is 10.3. The monoisotopic (exact) mass is 282 g/mol. The van der Waals surface area contributed by atoms with Gasteiger partial charge in [0.2, 0.25) is 5.88 Å². The molecule has 0 saturated carbocycles. The topological polar surface area (TPSA) is 76.8 Å². The van der Waals surface area contributed by atoms with E-state index in [1.54, 1.807) is 0 Å². The van der Waals surface area contributed by atoms with Crippen molar-refractivity contribution in [2.45, 2.75) is 12.8 Å². The number of benzene rings is 1. The minimum atomic E-state index is 0.0379. The van der Waals surface area contributed by atoms with Gasteiger partial charge in [-0.15, -0.1) is 0 Å². The van der Waals surface area contributed by atoms with Gasteiger partial charge in [-0.1, -0.05) is 30.3 Å². The molecular weight excluding hydrogens is 264 g/mol. The molecule has 1 unspecified atom stereocenters. The van der Waals surface area contributed by atoms with Crippen LogP contribution in [-0.2, 0) is 0 Å². The molecule has 3 N–H and O–H groups in total. The highest BCUT2D eigenvalue weighted by molar-refractivity contribution is 5.71. The van der Waals surface area contributed by atoms with Gasteiger partial charge in [0.1, 0.15) is 5.82 Å². The summed E-state index contributed by atoms with van der Waals surface area (Å²) >= 11 is 0. The van der Waals surface area contributed by atoms with E-state index in [1.807, 2.05) is 37.3 Å². The van der Waals surface area contributed by atoms with Crippen molar-refractivity contribution in [3.05, 3.63) is 53.9 Å². The molecule has 0 spiro atoms. The van der Waals surface area contributed by atoms with Crippen LogP contribution in [0.25, 0.3) is 11.2 Å². The summed E-state index contributed by atoms with van der Waals surface area (Å²) in [4.78, 5) is 12.3. The van der Waals surface area contributed by atoms with E-state index in [1.165, 1.54) is 0 Å². The second-order valence-electron chi connectivity index (χ2n) is 4.77. The maximum absolute atomic E-state index is 5.93.